The molecule has 3 aliphatic carbocycles. The van der Waals surface area contributed by atoms with Crippen LogP contribution in [0.15, 0.2) is 0 Å². The van der Waals surface area contributed by atoms with Crippen molar-refractivity contribution in [3.8, 4) is 0 Å². The van der Waals surface area contributed by atoms with Crippen molar-refractivity contribution in [2.24, 2.45) is 40.4 Å². The second-order valence-electron chi connectivity index (χ2n) is 9.14. The lowest BCUT2D eigenvalue weighted by Crippen LogP contribution is -2.71. The van der Waals surface area contributed by atoms with Gasteiger partial charge in [-0.3, -0.25) is 14.4 Å². The highest BCUT2D eigenvalue weighted by atomic mass is 16.6. The Morgan fingerprint density at radius 3 is 2.36 bits per heavy atom. The van der Waals surface area contributed by atoms with Crippen LogP contribution in [0.25, 0.3) is 0 Å². The summed E-state index contributed by atoms with van der Waals surface area (Å²) < 4.78 is 5.42. The molecule has 0 spiro atoms. The minimum absolute atomic E-state index is 0.0461. The number of Topliss-reactive ketones (excluding diaryl/α,β-unsaturated/α-hetero) is 2. The minimum Gasteiger partial charge on any atom is -0.459 e. The summed E-state index contributed by atoms with van der Waals surface area (Å²) in [6.07, 6.45) is -2.51. The first-order valence-corrected chi connectivity index (χ1v) is 9.18. The molecule has 138 valence electrons. The van der Waals surface area contributed by atoms with Gasteiger partial charge in [-0.15, -0.1) is 0 Å². The molecule has 4 fully saturated rings. The van der Waals surface area contributed by atoms with E-state index in [-0.39, 0.29) is 42.2 Å². The van der Waals surface area contributed by atoms with Crippen LogP contribution >= 0.6 is 0 Å². The van der Waals surface area contributed by atoms with Gasteiger partial charge in [-0.2, -0.15) is 0 Å². The quantitative estimate of drug-likeness (QED) is 0.625. The predicted molar refractivity (Wildman–Crippen MR) is 86.2 cm³/mol. The lowest BCUT2D eigenvalue weighted by molar-refractivity contribution is -0.223. The number of aliphatic hydroxyl groups is 2. The van der Waals surface area contributed by atoms with Crippen LogP contribution in [-0.4, -0.2) is 46.1 Å². The molecule has 0 unspecified atom stereocenters. The van der Waals surface area contributed by atoms with Crippen LogP contribution in [0.5, 0.6) is 0 Å². The Labute approximate surface area is 146 Å². The second kappa shape index (κ2) is 4.92. The zero-order valence-electron chi connectivity index (χ0n) is 15.1. The Morgan fingerprint density at radius 1 is 1.08 bits per heavy atom. The topological polar surface area (TPSA) is 101 Å². The monoisotopic (exact) mass is 350 g/mol. The summed E-state index contributed by atoms with van der Waals surface area (Å²) >= 11 is 0. The van der Waals surface area contributed by atoms with E-state index < -0.39 is 46.9 Å². The Kier molecular flexibility index (Phi) is 3.37. The maximum atomic E-state index is 13.2. The SMILES string of the molecule is C[C@H]1[C@H]2OC(=O)[C@@H]1[C@]1(C)C(=O)C[C@@H]3[C@@H](C)CC(=O)[C@@H](O)[C@]3(C)[C@@H]1[C@H]2O. The molecule has 1 saturated heterocycles. The average molecular weight is 350 g/mol. The summed E-state index contributed by atoms with van der Waals surface area (Å²) in [7, 11) is 0. The zero-order chi connectivity index (χ0) is 18.5. The molecule has 1 aliphatic heterocycles. The lowest BCUT2D eigenvalue weighted by atomic mass is 9.39. The van der Waals surface area contributed by atoms with Gasteiger partial charge in [0.2, 0.25) is 0 Å². The van der Waals surface area contributed by atoms with Crippen LogP contribution < -0.4 is 0 Å². The number of carbonyl (C=O) groups is 3. The Bertz CT molecular complexity index is 673. The summed E-state index contributed by atoms with van der Waals surface area (Å²) in [5.41, 5.74) is -2.06. The van der Waals surface area contributed by atoms with Crippen LogP contribution in [-0.2, 0) is 19.1 Å². The van der Waals surface area contributed by atoms with Crippen LogP contribution in [0.3, 0.4) is 0 Å². The summed E-state index contributed by atoms with van der Waals surface area (Å²) in [6, 6.07) is 0. The van der Waals surface area contributed by atoms with Crippen LogP contribution in [0.2, 0.25) is 0 Å². The van der Waals surface area contributed by atoms with Gasteiger partial charge < -0.3 is 14.9 Å². The van der Waals surface area contributed by atoms with E-state index in [2.05, 4.69) is 0 Å². The van der Waals surface area contributed by atoms with Crippen molar-refractivity contribution in [1.29, 1.82) is 0 Å². The number of ketones is 2. The lowest BCUT2D eigenvalue weighted by Gasteiger charge is -2.63. The van der Waals surface area contributed by atoms with E-state index >= 15 is 0 Å². The number of ether oxygens (including phenoxy) is 1. The third kappa shape index (κ3) is 1.75. The average Bonchev–Trinajstić information content (AvgIpc) is 2.78. The first-order chi connectivity index (χ1) is 11.6. The zero-order valence-corrected chi connectivity index (χ0v) is 15.1. The number of fused-ring (bicyclic) bond motifs is 6. The van der Waals surface area contributed by atoms with Crippen LogP contribution in [0.4, 0.5) is 0 Å². The molecular formula is C19H26O6. The molecule has 0 radical (unpaired) electrons. The number of rotatable bonds is 0. The van der Waals surface area contributed by atoms with E-state index in [0.717, 1.165) is 0 Å². The molecule has 0 aromatic rings. The summed E-state index contributed by atoms with van der Waals surface area (Å²) in [6.45, 7) is 7.30. The first kappa shape index (κ1) is 17.2. The van der Waals surface area contributed by atoms with Crippen molar-refractivity contribution in [1.82, 2.24) is 0 Å². The maximum Gasteiger partial charge on any atom is 0.310 e. The van der Waals surface area contributed by atoms with E-state index in [1.54, 1.807) is 6.92 Å². The van der Waals surface area contributed by atoms with Gasteiger partial charge in [0.25, 0.3) is 0 Å². The molecule has 4 aliphatic rings. The van der Waals surface area contributed by atoms with E-state index in [0.29, 0.717) is 0 Å². The summed E-state index contributed by atoms with van der Waals surface area (Å²) in [5, 5.41) is 21.9. The van der Waals surface area contributed by atoms with Gasteiger partial charge in [-0.05, 0) is 11.8 Å². The number of hydrogen-bond acceptors (Lipinski definition) is 6. The van der Waals surface area contributed by atoms with Crippen molar-refractivity contribution in [2.45, 2.75) is 58.8 Å². The van der Waals surface area contributed by atoms with Crippen molar-refractivity contribution in [3.63, 3.8) is 0 Å². The van der Waals surface area contributed by atoms with Crippen LogP contribution in [0.1, 0.15) is 40.5 Å². The number of esters is 1. The molecular weight excluding hydrogens is 324 g/mol. The van der Waals surface area contributed by atoms with E-state index in [4.69, 9.17) is 4.74 Å². The van der Waals surface area contributed by atoms with E-state index in [1.165, 1.54) is 0 Å². The van der Waals surface area contributed by atoms with Gasteiger partial charge in [0.1, 0.15) is 18.0 Å². The summed E-state index contributed by atoms with van der Waals surface area (Å²) in [5.74, 6) is -2.54. The van der Waals surface area contributed by atoms with Gasteiger partial charge in [0.15, 0.2) is 5.78 Å². The molecule has 0 amide bonds. The van der Waals surface area contributed by atoms with Gasteiger partial charge >= 0.3 is 5.97 Å². The standard InChI is InChI=1S/C19H26O6/c1-7-5-10(20)16(23)18(3)9(7)6-11(21)19(4)12-8(2)14(25-17(12)24)13(22)15(18)19/h7-9,12-16,22-23H,5-6H2,1-4H3/t7-,8+,9+,12+,13-,14+,15-,16+,18-,19-/m0/s1. The predicted octanol–water partition coefficient (Wildman–Crippen LogP) is 0.726. The Balaban J connectivity index is 1.93. The molecule has 2 bridgehead atoms. The number of hydrogen-bond donors (Lipinski definition) is 2. The van der Waals surface area contributed by atoms with Crippen molar-refractivity contribution >= 4 is 17.5 Å². The Morgan fingerprint density at radius 2 is 1.72 bits per heavy atom. The normalized spacial score (nSPS) is 57.8. The largest absolute Gasteiger partial charge is 0.459 e. The molecule has 0 aromatic heterocycles. The summed E-state index contributed by atoms with van der Waals surface area (Å²) in [4.78, 5) is 38.1. The van der Waals surface area contributed by atoms with Crippen molar-refractivity contribution in [2.75, 3.05) is 0 Å². The molecule has 10 atom stereocenters. The molecule has 4 rings (SSSR count). The minimum atomic E-state index is -1.23. The van der Waals surface area contributed by atoms with E-state index in [9.17, 15) is 24.6 Å². The van der Waals surface area contributed by atoms with Crippen LogP contribution in [0, 0.1) is 40.4 Å². The molecule has 1 heterocycles. The fourth-order valence-electron chi connectivity index (χ4n) is 6.96. The number of aliphatic hydroxyl groups excluding tert-OH is 2. The van der Waals surface area contributed by atoms with Gasteiger partial charge in [-0.1, -0.05) is 27.7 Å². The van der Waals surface area contributed by atoms with Crippen molar-refractivity contribution < 1.29 is 29.3 Å². The third-order valence-electron chi connectivity index (χ3n) is 8.10. The highest BCUT2D eigenvalue weighted by molar-refractivity contribution is 5.94. The number of carbonyl (C=O) groups excluding carboxylic acids is 3. The molecule has 3 saturated carbocycles. The highest BCUT2D eigenvalue weighted by Crippen LogP contribution is 2.67. The molecule has 2 N–H and O–H groups in total. The first-order valence-electron chi connectivity index (χ1n) is 9.18. The molecule has 6 heteroatoms. The van der Waals surface area contributed by atoms with Gasteiger partial charge in [0.05, 0.1) is 12.0 Å². The highest BCUT2D eigenvalue weighted by Gasteiger charge is 2.75. The van der Waals surface area contributed by atoms with Crippen molar-refractivity contribution in [3.05, 3.63) is 0 Å². The third-order valence-corrected chi connectivity index (χ3v) is 8.10. The van der Waals surface area contributed by atoms with Gasteiger partial charge in [0, 0.05) is 35.5 Å². The second-order valence-corrected chi connectivity index (χ2v) is 9.14. The smallest absolute Gasteiger partial charge is 0.310 e. The molecule has 0 aromatic carbocycles. The fourth-order valence-corrected chi connectivity index (χ4v) is 6.96. The molecule has 25 heavy (non-hydrogen) atoms. The van der Waals surface area contributed by atoms with E-state index in [1.807, 2.05) is 20.8 Å². The fraction of sp³-hybridized carbons (Fsp3) is 0.842. The maximum absolute atomic E-state index is 13.2. The Hall–Kier alpha value is -1.27. The van der Waals surface area contributed by atoms with Gasteiger partial charge in [-0.25, -0.2) is 0 Å². The molecule has 6 nitrogen and oxygen atoms in total.